The molecule has 0 spiro atoms. The number of nitrogens with zero attached hydrogens (tertiary/aromatic N) is 6. The van der Waals surface area contributed by atoms with Gasteiger partial charge in [-0.25, -0.2) is 9.97 Å². The van der Waals surface area contributed by atoms with Crippen molar-refractivity contribution < 1.29 is 14.3 Å². The molecule has 4 heterocycles. The van der Waals surface area contributed by atoms with Crippen LogP contribution in [0.15, 0.2) is 30.9 Å². The number of ether oxygens (including phenoxy) is 1. The smallest absolute Gasteiger partial charge is 0.316 e. The molecular formula is C20H26N6O3. The zero-order chi connectivity index (χ0) is 20.2. The van der Waals surface area contributed by atoms with E-state index in [1.807, 2.05) is 9.80 Å². The van der Waals surface area contributed by atoms with Crippen LogP contribution in [0.25, 0.3) is 0 Å². The normalized spacial score (nSPS) is 20.3. The number of carbonyl (C=O) groups excluding carboxylic acids is 2. The molecule has 0 aromatic carbocycles. The van der Waals surface area contributed by atoms with E-state index in [0.29, 0.717) is 37.1 Å². The van der Waals surface area contributed by atoms with E-state index in [-0.39, 0.29) is 17.7 Å². The van der Waals surface area contributed by atoms with E-state index in [1.165, 1.54) is 0 Å². The number of likely N-dealkylation sites (tertiary alicyclic amines) is 2. The van der Waals surface area contributed by atoms with Gasteiger partial charge in [0.1, 0.15) is 0 Å². The molecule has 2 aromatic rings. The lowest BCUT2D eigenvalue weighted by Crippen LogP contribution is -2.42. The summed E-state index contributed by atoms with van der Waals surface area (Å²) in [4.78, 5) is 36.9. The maximum absolute atomic E-state index is 12.5. The Morgan fingerprint density at radius 1 is 1.21 bits per heavy atom. The Labute approximate surface area is 169 Å². The summed E-state index contributed by atoms with van der Waals surface area (Å²) >= 11 is 0. The zero-order valence-corrected chi connectivity index (χ0v) is 16.6. The first-order valence-corrected chi connectivity index (χ1v) is 10.0. The summed E-state index contributed by atoms with van der Waals surface area (Å²) in [6, 6.07) is 2.09. The summed E-state index contributed by atoms with van der Waals surface area (Å²) in [5.74, 6) is 0.808. The Morgan fingerprint density at radius 3 is 2.66 bits per heavy atom. The maximum atomic E-state index is 12.5. The number of hydrogen-bond acceptors (Lipinski definition) is 6. The fourth-order valence-corrected chi connectivity index (χ4v) is 4.04. The number of piperidine rings is 1. The molecule has 0 N–H and O–H groups in total. The van der Waals surface area contributed by atoms with Gasteiger partial charge in [0, 0.05) is 64.2 Å². The van der Waals surface area contributed by atoms with E-state index in [9.17, 15) is 9.59 Å². The molecule has 2 aliphatic heterocycles. The third kappa shape index (κ3) is 4.72. The molecule has 0 bridgehead atoms. The minimum Gasteiger partial charge on any atom is -0.463 e. The van der Waals surface area contributed by atoms with Crippen LogP contribution in [0.4, 0.5) is 0 Å². The average molecular weight is 398 g/mol. The van der Waals surface area contributed by atoms with Gasteiger partial charge in [-0.2, -0.15) is 5.10 Å². The maximum Gasteiger partial charge on any atom is 0.316 e. The highest BCUT2D eigenvalue weighted by Crippen LogP contribution is 2.25. The monoisotopic (exact) mass is 398 g/mol. The van der Waals surface area contributed by atoms with Crippen molar-refractivity contribution >= 4 is 11.8 Å². The van der Waals surface area contributed by atoms with Gasteiger partial charge in [0.05, 0.1) is 18.4 Å². The van der Waals surface area contributed by atoms with Crippen LogP contribution in [0.5, 0.6) is 6.01 Å². The van der Waals surface area contributed by atoms with Gasteiger partial charge in [0.25, 0.3) is 5.91 Å². The molecular weight excluding hydrogens is 372 g/mol. The van der Waals surface area contributed by atoms with Gasteiger partial charge >= 0.3 is 6.01 Å². The summed E-state index contributed by atoms with van der Waals surface area (Å²) < 4.78 is 7.25. The predicted molar refractivity (Wildman–Crippen MR) is 104 cm³/mol. The van der Waals surface area contributed by atoms with Crippen molar-refractivity contribution in [1.29, 1.82) is 0 Å². The zero-order valence-electron chi connectivity index (χ0n) is 16.6. The van der Waals surface area contributed by atoms with E-state index >= 15 is 0 Å². The van der Waals surface area contributed by atoms with E-state index in [0.717, 1.165) is 32.5 Å². The molecule has 29 heavy (non-hydrogen) atoms. The van der Waals surface area contributed by atoms with Gasteiger partial charge in [-0.05, 0) is 24.8 Å². The highest BCUT2D eigenvalue weighted by Gasteiger charge is 2.33. The van der Waals surface area contributed by atoms with Crippen LogP contribution in [-0.2, 0) is 11.8 Å². The van der Waals surface area contributed by atoms with Crippen molar-refractivity contribution in [2.45, 2.75) is 19.3 Å². The van der Waals surface area contributed by atoms with E-state index < -0.39 is 0 Å². The van der Waals surface area contributed by atoms with Crippen molar-refractivity contribution in [3.63, 3.8) is 0 Å². The second-order valence-electron chi connectivity index (χ2n) is 7.85. The first-order chi connectivity index (χ1) is 14.1. The fraction of sp³-hybridized carbons (Fsp3) is 0.550. The van der Waals surface area contributed by atoms with Gasteiger partial charge in [0.15, 0.2) is 0 Å². The van der Waals surface area contributed by atoms with Crippen LogP contribution >= 0.6 is 0 Å². The molecule has 2 aliphatic rings. The summed E-state index contributed by atoms with van der Waals surface area (Å²) in [6.45, 7) is 3.35. The number of carbonyl (C=O) groups is 2. The number of aryl methyl sites for hydroxylation is 1. The van der Waals surface area contributed by atoms with Gasteiger partial charge < -0.3 is 14.5 Å². The average Bonchev–Trinajstić information content (AvgIpc) is 3.33. The first-order valence-electron chi connectivity index (χ1n) is 10.0. The van der Waals surface area contributed by atoms with Crippen LogP contribution in [0.1, 0.15) is 29.6 Å². The lowest BCUT2D eigenvalue weighted by Gasteiger charge is -2.33. The van der Waals surface area contributed by atoms with E-state index in [4.69, 9.17) is 4.74 Å². The SMILES string of the molecule is Cn1cc(C(=O)N2CCC(CN3CC(COc4ncccn4)CC3=O)CC2)cn1. The Bertz CT molecular complexity index is 847. The quantitative estimate of drug-likeness (QED) is 0.720. The Kier molecular flexibility index (Phi) is 5.73. The first kappa shape index (κ1) is 19.4. The Morgan fingerprint density at radius 2 is 1.97 bits per heavy atom. The molecule has 2 aromatic heterocycles. The lowest BCUT2D eigenvalue weighted by atomic mass is 9.96. The fourth-order valence-electron chi connectivity index (χ4n) is 4.04. The van der Waals surface area contributed by atoms with E-state index in [2.05, 4.69) is 15.1 Å². The summed E-state index contributed by atoms with van der Waals surface area (Å²) in [5, 5.41) is 4.07. The van der Waals surface area contributed by atoms with Crippen molar-refractivity contribution in [3.8, 4) is 6.01 Å². The molecule has 2 amide bonds. The van der Waals surface area contributed by atoms with Gasteiger partial charge in [-0.15, -0.1) is 0 Å². The summed E-state index contributed by atoms with van der Waals surface area (Å²) in [5.41, 5.74) is 0.630. The number of amides is 2. The lowest BCUT2D eigenvalue weighted by molar-refractivity contribution is -0.128. The Hall–Kier alpha value is -2.97. The standard InChI is InChI=1S/C20H26N6O3/c1-24-13-17(10-23-24)19(28)25-7-3-15(4-8-25)11-26-12-16(9-18(26)27)14-29-20-21-5-2-6-22-20/h2,5-6,10,13,15-16H,3-4,7-9,11-12,14H2,1H3. The molecule has 4 rings (SSSR count). The van der Waals surface area contributed by atoms with Gasteiger partial charge in [0.2, 0.25) is 5.91 Å². The third-order valence-electron chi connectivity index (χ3n) is 5.62. The van der Waals surface area contributed by atoms with Crippen LogP contribution in [-0.4, -0.2) is 74.1 Å². The molecule has 0 saturated carbocycles. The third-order valence-corrected chi connectivity index (χ3v) is 5.62. The van der Waals surface area contributed by atoms with Crippen molar-refractivity contribution in [2.24, 2.45) is 18.9 Å². The largest absolute Gasteiger partial charge is 0.463 e. The van der Waals surface area contributed by atoms with E-state index in [1.54, 1.807) is 42.6 Å². The van der Waals surface area contributed by atoms with Crippen LogP contribution in [0.3, 0.4) is 0 Å². The minimum absolute atomic E-state index is 0.0362. The molecule has 154 valence electrons. The number of aromatic nitrogens is 4. The minimum atomic E-state index is 0.0362. The Balaban J connectivity index is 1.22. The molecule has 9 heteroatoms. The summed E-state index contributed by atoms with van der Waals surface area (Å²) in [7, 11) is 1.81. The van der Waals surface area contributed by atoms with Gasteiger partial charge in [-0.1, -0.05) is 0 Å². The van der Waals surface area contributed by atoms with Gasteiger partial charge in [-0.3, -0.25) is 14.3 Å². The summed E-state index contributed by atoms with van der Waals surface area (Å²) in [6.07, 6.45) is 8.97. The highest BCUT2D eigenvalue weighted by molar-refractivity contribution is 5.93. The topological polar surface area (TPSA) is 93.5 Å². The van der Waals surface area contributed by atoms with Crippen LogP contribution in [0, 0.1) is 11.8 Å². The number of hydrogen-bond donors (Lipinski definition) is 0. The molecule has 2 fully saturated rings. The second-order valence-corrected chi connectivity index (χ2v) is 7.85. The molecule has 0 radical (unpaired) electrons. The number of rotatable bonds is 6. The van der Waals surface area contributed by atoms with Crippen LogP contribution in [0.2, 0.25) is 0 Å². The van der Waals surface area contributed by atoms with Crippen molar-refractivity contribution in [1.82, 2.24) is 29.5 Å². The predicted octanol–water partition coefficient (Wildman–Crippen LogP) is 0.990. The second kappa shape index (κ2) is 8.59. The molecule has 1 atom stereocenters. The molecule has 1 unspecified atom stereocenters. The molecule has 2 saturated heterocycles. The highest BCUT2D eigenvalue weighted by atomic mass is 16.5. The van der Waals surface area contributed by atoms with Crippen molar-refractivity contribution in [2.75, 3.05) is 32.8 Å². The van der Waals surface area contributed by atoms with Crippen molar-refractivity contribution in [3.05, 3.63) is 36.4 Å². The molecule has 0 aliphatic carbocycles. The molecule has 9 nitrogen and oxygen atoms in total. The van der Waals surface area contributed by atoms with Crippen LogP contribution < -0.4 is 4.74 Å².